The van der Waals surface area contributed by atoms with Gasteiger partial charge in [0, 0.05) is 44.1 Å². The van der Waals surface area contributed by atoms with Gasteiger partial charge in [-0.25, -0.2) is 4.58 Å². The van der Waals surface area contributed by atoms with Crippen LogP contribution < -0.4 is 4.90 Å². The number of nitro benzene ring substituents is 1. The summed E-state index contributed by atoms with van der Waals surface area (Å²) in [5, 5.41) is 11.3. The second-order valence-electron chi connectivity index (χ2n) is 7.07. The smallest absolute Gasteiger partial charge is 0.270 e. The molecular weight excluding hydrogens is 350 g/mol. The van der Waals surface area contributed by atoms with Gasteiger partial charge in [0.15, 0.2) is 5.71 Å². The van der Waals surface area contributed by atoms with Crippen molar-refractivity contribution in [2.45, 2.75) is 0 Å². The average Bonchev–Trinajstić information content (AvgIpc) is 2.69. The van der Waals surface area contributed by atoms with E-state index in [1.165, 1.54) is 6.07 Å². The van der Waals surface area contributed by atoms with Gasteiger partial charge in [-0.15, -0.1) is 0 Å². The van der Waals surface area contributed by atoms with E-state index in [0.29, 0.717) is 0 Å². The highest BCUT2D eigenvalue weighted by Gasteiger charge is 2.15. The first kappa shape index (κ1) is 19.3. The topological polar surface area (TPSA) is 49.4 Å². The lowest BCUT2D eigenvalue weighted by molar-refractivity contribution is -0.462. The van der Waals surface area contributed by atoms with E-state index in [4.69, 9.17) is 0 Å². The van der Waals surface area contributed by atoms with Gasteiger partial charge in [0.1, 0.15) is 14.1 Å². The zero-order chi connectivity index (χ0) is 20.3. The van der Waals surface area contributed by atoms with Crippen LogP contribution in [-0.4, -0.2) is 43.4 Å². The van der Waals surface area contributed by atoms with Gasteiger partial charge in [-0.1, -0.05) is 24.3 Å². The van der Waals surface area contributed by atoms with Crippen molar-refractivity contribution in [3.8, 4) is 0 Å². The third-order valence-corrected chi connectivity index (χ3v) is 4.69. The van der Waals surface area contributed by atoms with Crippen molar-refractivity contribution in [1.29, 1.82) is 0 Å². The second-order valence-corrected chi connectivity index (χ2v) is 7.07. The molecule has 0 unspecified atom stereocenters. The first-order valence-corrected chi connectivity index (χ1v) is 9.04. The van der Waals surface area contributed by atoms with Crippen LogP contribution in [0.4, 0.5) is 11.4 Å². The summed E-state index contributed by atoms with van der Waals surface area (Å²) >= 11 is 0. The van der Waals surface area contributed by atoms with Crippen molar-refractivity contribution in [1.82, 2.24) is 0 Å². The van der Waals surface area contributed by atoms with Gasteiger partial charge >= 0.3 is 0 Å². The zero-order valence-corrected chi connectivity index (χ0v) is 16.6. The Labute approximate surface area is 165 Å². The number of nitrogens with zero attached hydrogens (tertiary/aromatic N) is 3. The van der Waals surface area contributed by atoms with Crippen molar-refractivity contribution < 1.29 is 9.50 Å². The van der Waals surface area contributed by atoms with Crippen LogP contribution in [0.15, 0.2) is 78.4 Å². The van der Waals surface area contributed by atoms with Crippen LogP contribution in [0.25, 0.3) is 5.57 Å². The van der Waals surface area contributed by atoms with E-state index in [0.717, 1.165) is 33.7 Å². The van der Waals surface area contributed by atoms with Crippen molar-refractivity contribution in [3.63, 3.8) is 0 Å². The van der Waals surface area contributed by atoms with Gasteiger partial charge in [0.05, 0.1) is 4.92 Å². The van der Waals surface area contributed by atoms with Crippen molar-refractivity contribution in [2.24, 2.45) is 0 Å². The van der Waals surface area contributed by atoms with E-state index in [1.54, 1.807) is 12.1 Å². The molecule has 0 N–H and O–H groups in total. The van der Waals surface area contributed by atoms with E-state index in [-0.39, 0.29) is 10.6 Å². The minimum absolute atomic E-state index is 0.0878. The molecule has 0 atom stereocenters. The lowest BCUT2D eigenvalue weighted by Gasteiger charge is -2.16. The molecule has 3 rings (SSSR count). The molecule has 0 aromatic heterocycles. The van der Waals surface area contributed by atoms with Crippen LogP contribution >= 0.6 is 0 Å². The maximum absolute atomic E-state index is 11.3. The Morgan fingerprint density at radius 3 is 2.07 bits per heavy atom. The van der Waals surface area contributed by atoms with Gasteiger partial charge in [-0.2, -0.15) is 0 Å². The molecule has 5 heteroatoms. The lowest BCUT2D eigenvalue weighted by Crippen LogP contribution is -2.10. The Morgan fingerprint density at radius 1 is 0.893 bits per heavy atom. The minimum atomic E-state index is -0.356. The quantitative estimate of drug-likeness (QED) is 0.455. The molecule has 0 spiro atoms. The summed E-state index contributed by atoms with van der Waals surface area (Å²) in [6.07, 6.45) is 8.23. The maximum Gasteiger partial charge on any atom is 0.270 e. The van der Waals surface area contributed by atoms with Gasteiger partial charge in [-0.05, 0) is 46.6 Å². The second kappa shape index (κ2) is 8.05. The average molecular weight is 374 g/mol. The molecule has 0 saturated carbocycles. The predicted octanol–water partition coefficient (Wildman–Crippen LogP) is 4.30. The first-order valence-electron chi connectivity index (χ1n) is 9.04. The highest BCUT2D eigenvalue weighted by molar-refractivity contribution is 6.04. The van der Waals surface area contributed by atoms with Crippen LogP contribution in [0.1, 0.15) is 11.1 Å². The van der Waals surface area contributed by atoms with Crippen LogP contribution in [0, 0.1) is 10.1 Å². The lowest BCUT2D eigenvalue weighted by atomic mass is 9.90. The summed E-state index contributed by atoms with van der Waals surface area (Å²) < 4.78 is 2.04. The molecule has 0 radical (unpaired) electrons. The van der Waals surface area contributed by atoms with E-state index in [2.05, 4.69) is 48.6 Å². The number of rotatable bonds is 4. The molecule has 2 aromatic rings. The molecule has 0 aliphatic heterocycles. The Bertz CT molecular complexity index is 1000. The molecule has 5 nitrogen and oxygen atoms in total. The summed E-state index contributed by atoms with van der Waals surface area (Å²) in [4.78, 5) is 13.0. The van der Waals surface area contributed by atoms with Crippen LogP contribution in [-0.2, 0) is 0 Å². The van der Waals surface area contributed by atoms with Crippen molar-refractivity contribution in [2.75, 3.05) is 33.1 Å². The molecule has 0 saturated heterocycles. The fourth-order valence-electron chi connectivity index (χ4n) is 3.13. The standard InChI is InChI=1S/C23H24N3O2/c1-24(2)20-12-8-17(9-13-20)23(18-10-14-21(15-11-18)25(3)4)19-6-5-7-22(16-19)26(27)28/h5-16H,1-4H3/q+1. The van der Waals surface area contributed by atoms with Crippen molar-refractivity contribution >= 4 is 22.7 Å². The summed E-state index contributed by atoms with van der Waals surface area (Å²) in [6, 6.07) is 15.0. The number of non-ortho nitro benzene ring substituents is 1. The molecule has 2 aromatic carbocycles. The summed E-state index contributed by atoms with van der Waals surface area (Å²) in [7, 11) is 8.00. The van der Waals surface area contributed by atoms with Gasteiger partial charge in [0.25, 0.3) is 5.69 Å². The Balaban J connectivity index is 2.18. The summed E-state index contributed by atoms with van der Waals surface area (Å²) in [5.74, 6) is 0. The summed E-state index contributed by atoms with van der Waals surface area (Å²) in [6.45, 7) is 0. The predicted molar refractivity (Wildman–Crippen MR) is 115 cm³/mol. The summed E-state index contributed by atoms with van der Waals surface area (Å²) in [5.41, 5.74) is 6.12. The molecule has 28 heavy (non-hydrogen) atoms. The maximum atomic E-state index is 11.3. The molecule has 0 fully saturated rings. The number of benzene rings is 2. The molecule has 0 bridgehead atoms. The molecular formula is C23H24N3O2+. The SMILES string of the molecule is CN(C)c1ccc(C(=C2C=CC(=[N+](C)C)C=C2)c2cccc([N+](=O)[O-])c2)cc1. The largest absolute Gasteiger partial charge is 0.378 e. The van der Waals surface area contributed by atoms with Crippen LogP contribution in [0.5, 0.6) is 0 Å². The van der Waals surface area contributed by atoms with E-state index in [1.807, 2.05) is 43.7 Å². The molecule has 0 amide bonds. The van der Waals surface area contributed by atoms with Gasteiger partial charge < -0.3 is 4.90 Å². The zero-order valence-electron chi connectivity index (χ0n) is 16.6. The number of allylic oxidation sites excluding steroid dienone is 5. The normalized spacial score (nSPS) is 12.9. The van der Waals surface area contributed by atoms with Crippen molar-refractivity contribution in [3.05, 3.63) is 99.6 Å². The molecule has 1 aliphatic carbocycles. The van der Waals surface area contributed by atoms with Crippen LogP contribution in [0.3, 0.4) is 0 Å². The first-order chi connectivity index (χ1) is 13.4. The highest BCUT2D eigenvalue weighted by Crippen LogP contribution is 2.32. The Hall–Kier alpha value is -3.47. The van der Waals surface area contributed by atoms with Gasteiger partial charge in [0.2, 0.25) is 0 Å². The van der Waals surface area contributed by atoms with Gasteiger partial charge in [-0.3, -0.25) is 10.1 Å². The molecule has 1 aliphatic rings. The Kier molecular flexibility index (Phi) is 5.54. The van der Waals surface area contributed by atoms with E-state index >= 15 is 0 Å². The van der Waals surface area contributed by atoms with E-state index in [9.17, 15) is 10.1 Å². The fourth-order valence-corrected chi connectivity index (χ4v) is 3.13. The third-order valence-electron chi connectivity index (χ3n) is 4.69. The molecule has 0 heterocycles. The molecule has 142 valence electrons. The number of anilines is 1. The Morgan fingerprint density at radius 2 is 1.54 bits per heavy atom. The van der Waals surface area contributed by atoms with E-state index < -0.39 is 0 Å². The minimum Gasteiger partial charge on any atom is -0.378 e. The highest BCUT2D eigenvalue weighted by atomic mass is 16.6. The number of nitro groups is 1. The monoisotopic (exact) mass is 374 g/mol. The number of hydrogen-bond donors (Lipinski definition) is 0. The fraction of sp³-hybridized carbons (Fsp3) is 0.174. The van der Waals surface area contributed by atoms with Crippen LogP contribution in [0.2, 0.25) is 0 Å². The number of hydrogen-bond acceptors (Lipinski definition) is 3. The third kappa shape index (κ3) is 4.09.